The van der Waals surface area contributed by atoms with Crippen LogP contribution >= 0.6 is 0 Å². The lowest BCUT2D eigenvalue weighted by Crippen LogP contribution is -2.45. The summed E-state index contributed by atoms with van der Waals surface area (Å²) >= 11 is 0. The van der Waals surface area contributed by atoms with Crippen LogP contribution in [0.5, 0.6) is 0 Å². The Labute approximate surface area is 112 Å². The Bertz CT molecular complexity index is 324. The summed E-state index contributed by atoms with van der Waals surface area (Å²) in [5.74, 6) is 0. The fourth-order valence-electron chi connectivity index (χ4n) is 2.88. The van der Waals surface area contributed by atoms with Gasteiger partial charge < -0.3 is 0 Å². The molecule has 3 nitrogen and oxygen atoms in total. The van der Waals surface area contributed by atoms with Gasteiger partial charge in [0.25, 0.3) is 0 Å². The average molecular weight is 277 g/mol. The molecule has 1 saturated carbocycles. The van der Waals surface area contributed by atoms with E-state index in [-0.39, 0.29) is 6.04 Å². The van der Waals surface area contributed by atoms with E-state index in [2.05, 4.69) is 11.4 Å². The van der Waals surface area contributed by atoms with Crippen LogP contribution in [-0.4, -0.2) is 42.3 Å². The molecule has 1 fully saturated rings. The van der Waals surface area contributed by atoms with E-state index in [1.165, 1.54) is 4.90 Å². The third-order valence-electron chi connectivity index (χ3n) is 3.63. The van der Waals surface area contributed by atoms with Crippen molar-refractivity contribution in [3.8, 4) is 6.07 Å². The number of rotatable bonds is 6. The molecular formula is C13H22F3N3. The standard InChI is InChI=1S/C13H22F3N3/c1-3-7-19(10-13(14,15)16)11-5-6-12(8-11,9-17)18-4-2/h11,18H,3-8,10H2,1-2H3. The third-order valence-corrected chi connectivity index (χ3v) is 3.63. The Morgan fingerprint density at radius 1 is 1.42 bits per heavy atom. The summed E-state index contributed by atoms with van der Waals surface area (Å²) < 4.78 is 37.7. The summed E-state index contributed by atoms with van der Waals surface area (Å²) in [5.41, 5.74) is -0.642. The highest BCUT2D eigenvalue weighted by Crippen LogP contribution is 2.34. The quantitative estimate of drug-likeness (QED) is 0.811. The Balaban J connectivity index is 2.70. The fourth-order valence-corrected chi connectivity index (χ4v) is 2.88. The van der Waals surface area contributed by atoms with Crippen LogP contribution in [-0.2, 0) is 0 Å². The molecule has 0 aromatic carbocycles. The molecule has 110 valence electrons. The SMILES string of the molecule is CCCN(CC(F)(F)F)C1CCC(C#N)(NCC)C1. The molecule has 0 spiro atoms. The highest BCUT2D eigenvalue weighted by Gasteiger charge is 2.43. The van der Waals surface area contributed by atoms with Crippen LogP contribution < -0.4 is 5.32 Å². The van der Waals surface area contributed by atoms with Gasteiger partial charge in [0.1, 0.15) is 5.54 Å². The van der Waals surface area contributed by atoms with Crippen molar-refractivity contribution < 1.29 is 13.2 Å². The molecular weight excluding hydrogens is 255 g/mol. The molecule has 0 heterocycles. The number of halogens is 3. The van der Waals surface area contributed by atoms with Gasteiger partial charge in [-0.05, 0) is 38.8 Å². The monoisotopic (exact) mass is 277 g/mol. The second kappa shape index (κ2) is 6.58. The Morgan fingerprint density at radius 2 is 2.11 bits per heavy atom. The highest BCUT2D eigenvalue weighted by atomic mass is 19.4. The summed E-state index contributed by atoms with van der Waals surface area (Å²) in [7, 11) is 0. The van der Waals surface area contributed by atoms with Crippen molar-refractivity contribution in [2.24, 2.45) is 0 Å². The van der Waals surface area contributed by atoms with Gasteiger partial charge >= 0.3 is 6.18 Å². The van der Waals surface area contributed by atoms with Crippen molar-refractivity contribution in [1.82, 2.24) is 10.2 Å². The molecule has 1 N–H and O–H groups in total. The molecule has 1 aliphatic carbocycles. The van der Waals surface area contributed by atoms with E-state index in [0.717, 1.165) is 0 Å². The molecule has 1 aliphatic rings. The number of hydrogen-bond acceptors (Lipinski definition) is 3. The summed E-state index contributed by atoms with van der Waals surface area (Å²) in [6, 6.07) is 2.10. The van der Waals surface area contributed by atoms with E-state index in [0.29, 0.717) is 38.8 Å². The number of nitrogens with one attached hydrogen (secondary N) is 1. The first-order valence-corrected chi connectivity index (χ1v) is 6.83. The van der Waals surface area contributed by atoms with E-state index >= 15 is 0 Å². The van der Waals surface area contributed by atoms with E-state index in [4.69, 9.17) is 0 Å². The van der Waals surface area contributed by atoms with E-state index < -0.39 is 18.3 Å². The van der Waals surface area contributed by atoms with E-state index in [9.17, 15) is 18.4 Å². The van der Waals surface area contributed by atoms with E-state index in [1.54, 1.807) is 0 Å². The smallest absolute Gasteiger partial charge is 0.300 e. The molecule has 6 heteroatoms. The van der Waals surface area contributed by atoms with Crippen LogP contribution in [0, 0.1) is 11.3 Å². The lowest BCUT2D eigenvalue weighted by atomic mass is 9.99. The lowest BCUT2D eigenvalue weighted by Gasteiger charge is -2.30. The van der Waals surface area contributed by atoms with Gasteiger partial charge in [-0.25, -0.2) is 0 Å². The predicted molar refractivity (Wildman–Crippen MR) is 67.6 cm³/mol. The van der Waals surface area contributed by atoms with Gasteiger partial charge in [-0.15, -0.1) is 0 Å². The van der Waals surface area contributed by atoms with Gasteiger partial charge in [0.2, 0.25) is 0 Å². The van der Waals surface area contributed by atoms with Gasteiger partial charge in [-0.1, -0.05) is 13.8 Å². The van der Waals surface area contributed by atoms with Crippen molar-refractivity contribution >= 4 is 0 Å². The summed E-state index contributed by atoms with van der Waals surface area (Å²) in [6.45, 7) is 4.00. The van der Waals surface area contributed by atoms with Gasteiger partial charge in [0, 0.05) is 6.04 Å². The largest absolute Gasteiger partial charge is 0.401 e. The maximum Gasteiger partial charge on any atom is 0.401 e. The molecule has 19 heavy (non-hydrogen) atoms. The minimum absolute atomic E-state index is 0.153. The summed E-state index contributed by atoms with van der Waals surface area (Å²) in [5, 5.41) is 12.4. The minimum atomic E-state index is -4.18. The van der Waals surface area contributed by atoms with Crippen LogP contribution in [0.25, 0.3) is 0 Å². The molecule has 2 atom stereocenters. The van der Waals surface area contributed by atoms with Crippen LogP contribution in [0.1, 0.15) is 39.5 Å². The minimum Gasteiger partial charge on any atom is -0.300 e. The number of hydrogen-bond donors (Lipinski definition) is 1. The normalized spacial score (nSPS) is 27.7. The number of nitrogens with zero attached hydrogens (tertiary/aromatic N) is 2. The number of nitriles is 1. The first kappa shape index (κ1) is 16.3. The van der Waals surface area contributed by atoms with Crippen molar-refractivity contribution in [2.45, 2.75) is 57.3 Å². The second-order valence-corrected chi connectivity index (χ2v) is 5.21. The Morgan fingerprint density at radius 3 is 2.58 bits per heavy atom. The highest BCUT2D eigenvalue weighted by molar-refractivity contribution is 5.13. The lowest BCUT2D eigenvalue weighted by molar-refractivity contribution is -0.150. The molecule has 0 aromatic heterocycles. The summed E-state index contributed by atoms with van der Waals surface area (Å²) in [6.07, 6.45) is -1.73. The van der Waals surface area contributed by atoms with Crippen LogP contribution in [0.4, 0.5) is 13.2 Å². The van der Waals surface area contributed by atoms with Gasteiger partial charge in [-0.3, -0.25) is 10.2 Å². The molecule has 0 amide bonds. The molecule has 0 aliphatic heterocycles. The predicted octanol–water partition coefficient (Wildman–Crippen LogP) is 2.69. The molecule has 0 aromatic rings. The van der Waals surface area contributed by atoms with Crippen molar-refractivity contribution in [1.29, 1.82) is 5.26 Å². The van der Waals surface area contributed by atoms with Crippen molar-refractivity contribution in [2.75, 3.05) is 19.6 Å². The molecule has 0 saturated heterocycles. The molecule has 0 bridgehead atoms. The van der Waals surface area contributed by atoms with Crippen LogP contribution in [0.3, 0.4) is 0 Å². The van der Waals surface area contributed by atoms with E-state index in [1.807, 2.05) is 13.8 Å². The average Bonchev–Trinajstić information content (AvgIpc) is 2.72. The van der Waals surface area contributed by atoms with Crippen molar-refractivity contribution in [3.05, 3.63) is 0 Å². The molecule has 1 rings (SSSR count). The number of alkyl halides is 3. The van der Waals surface area contributed by atoms with Gasteiger partial charge in [0.05, 0.1) is 12.6 Å². The van der Waals surface area contributed by atoms with Gasteiger partial charge in [0.15, 0.2) is 0 Å². The first-order chi connectivity index (χ1) is 8.86. The van der Waals surface area contributed by atoms with Crippen LogP contribution in [0.15, 0.2) is 0 Å². The first-order valence-electron chi connectivity index (χ1n) is 6.83. The third kappa shape index (κ3) is 4.66. The molecule has 0 radical (unpaired) electrons. The summed E-state index contributed by atoms with van der Waals surface area (Å²) in [4.78, 5) is 1.48. The zero-order valence-corrected chi connectivity index (χ0v) is 11.6. The fraction of sp³-hybridized carbons (Fsp3) is 0.923. The Hall–Kier alpha value is -0.800. The van der Waals surface area contributed by atoms with Gasteiger partial charge in [-0.2, -0.15) is 18.4 Å². The Kier molecular flexibility index (Phi) is 5.63. The van der Waals surface area contributed by atoms with Crippen molar-refractivity contribution in [3.63, 3.8) is 0 Å². The molecule has 2 unspecified atom stereocenters. The van der Waals surface area contributed by atoms with Crippen LogP contribution in [0.2, 0.25) is 0 Å². The topological polar surface area (TPSA) is 39.1 Å². The zero-order chi connectivity index (χ0) is 14.5. The second-order valence-electron chi connectivity index (χ2n) is 5.21. The maximum absolute atomic E-state index is 12.6. The maximum atomic E-state index is 12.6. The zero-order valence-electron chi connectivity index (χ0n) is 11.6.